The van der Waals surface area contributed by atoms with Gasteiger partial charge in [0.2, 0.25) is 0 Å². The van der Waals surface area contributed by atoms with E-state index in [1.807, 2.05) is 0 Å². The molecule has 12 heavy (non-hydrogen) atoms. The second-order valence-electron chi connectivity index (χ2n) is 3.17. The van der Waals surface area contributed by atoms with Crippen molar-refractivity contribution in [3.05, 3.63) is 11.9 Å². The Morgan fingerprint density at radius 2 is 2.50 bits per heavy atom. The van der Waals surface area contributed by atoms with Gasteiger partial charge < -0.3 is 15.5 Å². The Morgan fingerprint density at radius 3 is 3.08 bits per heavy atom. The lowest BCUT2D eigenvalue weighted by Crippen LogP contribution is -2.25. The van der Waals surface area contributed by atoms with Crippen molar-refractivity contribution in [1.29, 1.82) is 0 Å². The second kappa shape index (κ2) is 5.04. The van der Waals surface area contributed by atoms with Crippen LogP contribution in [0, 0.1) is 0 Å². The molecule has 0 aliphatic carbocycles. The summed E-state index contributed by atoms with van der Waals surface area (Å²) in [5.41, 5.74) is 1.28. The molecule has 70 valence electrons. The first-order valence-corrected chi connectivity index (χ1v) is 4.70. The van der Waals surface area contributed by atoms with Crippen LogP contribution in [0.3, 0.4) is 0 Å². The van der Waals surface area contributed by atoms with E-state index in [2.05, 4.69) is 35.6 Å². The van der Waals surface area contributed by atoms with Crippen LogP contribution in [0.25, 0.3) is 0 Å². The van der Waals surface area contributed by atoms with Gasteiger partial charge in [-0.2, -0.15) is 0 Å². The molecule has 1 aliphatic heterocycles. The Morgan fingerprint density at radius 1 is 1.67 bits per heavy atom. The summed E-state index contributed by atoms with van der Waals surface area (Å²) in [6.07, 6.45) is 3.41. The van der Waals surface area contributed by atoms with Crippen molar-refractivity contribution in [3.8, 4) is 0 Å². The fraction of sp³-hybridized carbons (Fsp3) is 0.778. The van der Waals surface area contributed by atoms with E-state index in [1.54, 1.807) is 0 Å². The van der Waals surface area contributed by atoms with Crippen molar-refractivity contribution in [1.82, 2.24) is 15.5 Å². The highest BCUT2D eigenvalue weighted by molar-refractivity contribution is 5.00. The lowest BCUT2D eigenvalue weighted by Gasteiger charge is -2.13. The zero-order chi connectivity index (χ0) is 8.81. The van der Waals surface area contributed by atoms with Crippen molar-refractivity contribution in [3.63, 3.8) is 0 Å². The summed E-state index contributed by atoms with van der Waals surface area (Å²) >= 11 is 0. The van der Waals surface area contributed by atoms with E-state index in [1.165, 1.54) is 12.1 Å². The third kappa shape index (κ3) is 3.13. The van der Waals surface area contributed by atoms with Crippen LogP contribution in [-0.2, 0) is 0 Å². The maximum atomic E-state index is 3.32. The molecule has 3 nitrogen and oxygen atoms in total. The van der Waals surface area contributed by atoms with Gasteiger partial charge in [-0.05, 0) is 26.4 Å². The van der Waals surface area contributed by atoms with Gasteiger partial charge in [0.25, 0.3) is 0 Å². The highest BCUT2D eigenvalue weighted by Gasteiger charge is 2.05. The predicted molar refractivity (Wildman–Crippen MR) is 51.6 cm³/mol. The van der Waals surface area contributed by atoms with Crippen molar-refractivity contribution in [2.45, 2.75) is 20.3 Å². The van der Waals surface area contributed by atoms with Crippen LogP contribution in [0.15, 0.2) is 11.9 Å². The van der Waals surface area contributed by atoms with E-state index in [-0.39, 0.29) is 0 Å². The smallest absolute Gasteiger partial charge is 0.0869 e. The lowest BCUT2D eigenvalue weighted by molar-refractivity contribution is 0.380. The monoisotopic (exact) mass is 169 g/mol. The molecule has 0 fully saturated rings. The van der Waals surface area contributed by atoms with E-state index in [0.29, 0.717) is 0 Å². The molecule has 0 atom stereocenters. The minimum Gasteiger partial charge on any atom is -0.370 e. The molecule has 1 rings (SSSR count). The largest absolute Gasteiger partial charge is 0.370 e. The van der Waals surface area contributed by atoms with Crippen LogP contribution in [0.4, 0.5) is 0 Å². The molecule has 1 heterocycles. The van der Waals surface area contributed by atoms with Crippen molar-refractivity contribution in [2.24, 2.45) is 0 Å². The van der Waals surface area contributed by atoms with Crippen LogP contribution < -0.4 is 10.6 Å². The van der Waals surface area contributed by atoms with E-state index in [0.717, 1.165) is 26.3 Å². The van der Waals surface area contributed by atoms with Crippen molar-refractivity contribution >= 4 is 0 Å². The van der Waals surface area contributed by atoms with Gasteiger partial charge in [-0.25, -0.2) is 0 Å². The molecule has 0 aromatic heterocycles. The summed E-state index contributed by atoms with van der Waals surface area (Å²) in [5, 5.41) is 6.59. The average Bonchev–Trinajstić information content (AvgIpc) is 2.45. The Balaban J connectivity index is 2.01. The molecular formula is C9H19N3. The first kappa shape index (κ1) is 9.39. The Bertz CT molecular complexity index is 154. The molecule has 0 aromatic rings. The molecule has 0 unspecified atom stereocenters. The topological polar surface area (TPSA) is 27.3 Å². The quantitative estimate of drug-likeness (QED) is 0.594. The number of allylic oxidation sites excluding steroid dienone is 1. The number of nitrogens with zero attached hydrogens (tertiary/aromatic N) is 1. The Kier molecular flexibility index (Phi) is 3.94. The van der Waals surface area contributed by atoms with Crippen LogP contribution in [-0.4, -0.2) is 31.2 Å². The van der Waals surface area contributed by atoms with Gasteiger partial charge in [-0.15, -0.1) is 0 Å². The number of nitrogens with one attached hydrogen (secondary N) is 2. The van der Waals surface area contributed by atoms with E-state index >= 15 is 0 Å². The molecule has 0 amide bonds. The standard InChI is InChI=1S/C9H19N3/c1-3-10-5-4-6-12-7-9(2)11-8-12/h7,10-11H,3-6,8H2,1-2H3. The number of hydrogen-bond acceptors (Lipinski definition) is 3. The normalized spacial score (nSPS) is 16.2. The zero-order valence-corrected chi connectivity index (χ0v) is 8.06. The minimum absolute atomic E-state index is 0.984. The van der Waals surface area contributed by atoms with Gasteiger partial charge in [0.05, 0.1) is 6.67 Å². The van der Waals surface area contributed by atoms with E-state index in [4.69, 9.17) is 0 Å². The maximum absolute atomic E-state index is 3.32. The fourth-order valence-electron chi connectivity index (χ4n) is 1.32. The molecule has 2 N–H and O–H groups in total. The SMILES string of the molecule is CCNCCCN1C=C(C)NC1. The number of hydrogen-bond donors (Lipinski definition) is 2. The number of rotatable bonds is 5. The first-order chi connectivity index (χ1) is 5.83. The molecule has 0 aromatic carbocycles. The summed E-state index contributed by atoms with van der Waals surface area (Å²) < 4.78 is 0. The molecule has 0 saturated heterocycles. The summed E-state index contributed by atoms with van der Waals surface area (Å²) in [6.45, 7) is 8.58. The van der Waals surface area contributed by atoms with Gasteiger partial charge in [-0.3, -0.25) is 0 Å². The third-order valence-corrected chi connectivity index (χ3v) is 1.99. The summed E-state index contributed by atoms with van der Waals surface area (Å²) in [6, 6.07) is 0. The molecule has 0 spiro atoms. The highest BCUT2D eigenvalue weighted by atomic mass is 15.3. The molecule has 0 radical (unpaired) electrons. The van der Waals surface area contributed by atoms with Gasteiger partial charge in [0, 0.05) is 18.4 Å². The molecular weight excluding hydrogens is 150 g/mol. The Hall–Kier alpha value is -0.700. The summed E-state index contributed by atoms with van der Waals surface area (Å²) in [4.78, 5) is 2.31. The van der Waals surface area contributed by atoms with E-state index < -0.39 is 0 Å². The van der Waals surface area contributed by atoms with Gasteiger partial charge in [-0.1, -0.05) is 6.92 Å². The minimum atomic E-state index is 0.984. The maximum Gasteiger partial charge on any atom is 0.0869 e. The average molecular weight is 169 g/mol. The predicted octanol–water partition coefficient (Wildman–Crippen LogP) is 0.710. The van der Waals surface area contributed by atoms with Crippen LogP contribution in [0.1, 0.15) is 20.3 Å². The first-order valence-electron chi connectivity index (χ1n) is 4.70. The highest BCUT2D eigenvalue weighted by Crippen LogP contribution is 2.02. The lowest BCUT2D eigenvalue weighted by atomic mass is 10.4. The Labute approximate surface area is 74.8 Å². The van der Waals surface area contributed by atoms with Gasteiger partial charge >= 0.3 is 0 Å². The van der Waals surface area contributed by atoms with Crippen LogP contribution in [0.2, 0.25) is 0 Å². The van der Waals surface area contributed by atoms with Gasteiger partial charge in [0.1, 0.15) is 0 Å². The van der Waals surface area contributed by atoms with Crippen LogP contribution >= 0.6 is 0 Å². The summed E-state index contributed by atoms with van der Waals surface area (Å²) in [5.74, 6) is 0. The molecule has 3 heteroatoms. The zero-order valence-electron chi connectivity index (χ0n) is 8.06. The third-order valence-electron chi connectivity index (χ3n) is 1.99. The van der Waals surface area contributed by atoms with E-state index in [9.17, 15) is 0 Å². The molecule has 0 saturated carbocycles. The summed E-state index contributed by atoms with van der Waals surface area (Å²) in [7, 11) is 0. The van der Waals surface area contributed by atoms with Crippen LogP contribution in [0.5, 0.6) is 0 Å². The van der Waals surface area contributed by atoms with Gasteiger partial charge in [0.15, 0.2) is 0 Å². The van der Waals surface area contributed by atoms with Crippen molar-refractivity contribution in [2.75, 3.05) is 26.3 Å². The fourth-order valence-corrected chi connectivity index (χ4v) is 1.32. The molecule has 1 aliphatic rings. The second-order valence-corrected chi connectivity index (χ2v) is 3.17. The van der Waals surface area contributed by atoms with Crippen molar-refractivity contribution < 1.29 is 0 Å². The molecule has 0 bridgehead atoms.